The highest BCUT2D eigenvalue weighted by Gasteiger charge is 2.13. The summed E-state index contributed by atoms with van der Waals surface area (Å²) in [6.07, 6.45) is -2.09. The first-order valence-corrected chi connectivity index (χ1v) is 3.51. The molecule has 5 nitrogen and oxygen atoms in total. The molecule has 0 aliphatic heterocycles. The average Bonchev–Trinajstić information content (AvgIpc) is 2.03. The second kappa shape index (κ2) is 6.51. The Morgan fingerprint density at radius 3 is 2.18 bits per heavy atom. The molecular formula is C6H15NO4. The number of hydrogen-bond acceptors (Lipinski definition) is 5. The van der Waals surface area contributed by atoms with Gasteiger partial charge in [0.05, 0.1) is 19.3 Å². The average molecular weight is 165 g/mol. The molecule has 68 valence electrons. The van der Waals surface area contributed by atoms with Gasteiger partial charge in [0, 0.05) is 13.1 Å². The van der Waals surface area contributed by atoms with E-state index in [2.05, 4.69) is 5.32 Å². The minimum absolute atomic E-state index is 0.0120. The van der Waals surface area contributed by atoms with Crippen LogP contribution in [0.25, 0.3) is 0 Å². The normalized spacial score (nSPS) is 16.4. The summed E-state index contributed by atoms with van der Waals surface area (Å²) in [6, 6.07) is 0. The van der Waals surface area contributed by atoms with Crippen molar-refractivity contribution in [1.29, 1.82) is 0 Å². The van der Waals surface area contributed by atoms with Crippen LogP contribution in [0.3, 0.4) is 0 Å². The summed E-state index contributed by atoms with van der Waals surface area (Å²) in [5, 5.41) is 37.2. The molecule has 0 saturated heterocycles. The molecule has 0 saturated carbocycles. The minimum Gasteiger partial charge on any atom is -0.395 e. The molecule has 0 aliphatic rings. The third-order valence-corrected chi connectivity index (χ3v) is 1.27. The topological polar surface area (TPSA) is 93.0 Å². The Kier molecular flexibility index (Phi) is 6.39. The second-order valence-corrected chi connectivity index (χ2v) is 2.25. The molecule has 2 unspecified atom stereocenters. The Bertz CT molecular complexity index is 90.7. The molecule has 0 rings (SSSR count). The van der Waals surface area contributed by atoms with Gasteiger partial charge in [-0.3, -0.25) is 0 Å². The van der Waals surface area contributed by atoms with Crippen molar-refractivity contribution in [1.82, 2.24) is 5.32 Å². The van der Waals surface area contributed by atoms with E-state index in [0.29, 0.717) is 6.54 Å². The van der Waals surface area contributed by atoms with E-state index in [-0.39, 0.29) is 13.2 Å². The van der Waals surface area contributed by atoms with E-state index in [4.69, 9.17) is 20.4 Å². The zero-order valence-electron chi connectivity index (χ0n) is 6.27. The fourth-order valence-electron chi connectivity index (χ4n) is 0.587. The van der Waals surface area contributed by atoms with Gasteiger partial charge in [0.1, 0.15) is 6.10 Å². The highest BCUT2D eigenvalue weighted by atomic mass is 16.4. The van der Waals surface area contributed by atoms with Crippen molar-refractivity contribution in [2.45, 2.75) is 12.2 Å². The summed E-state index contributed by atoms with van der Waals surface area (Å²) in [6.45, 7) is 0.0708. The van der Waals surface area contributed by atoms with Gasteiger partial charge in [-0.05, 0) is 0 Å². The maximum absolute atomic E-state index is 8.99. The van der Waals surface area contributed by atoms with E-state index in [1.165, 1.54) is 0 Å². The number of nitrogens with one attached hydrogen (secondary N) is 1. The third kappa shape index (κ3) is 5.11. The number of aliphatic hydroxyl groups excluding tert-OH is 4. The van der Waals surface area contributed by atoms with Gasteiger partial charge >= 0.3 is 0 Å². The fraction of sp³-hybridized carbons (Fsp3) is 1.00. The predicted octanol–water partition coefficient (Wildman–Crippen LogP) is -2.72. The molecule has 0 aliphatic carbocycles. The number of rotatable bonds is 6. The Hall–Kier alpha value is -0.200. The van der Waals surface area contributed by atoms with Crippen LogP contribution in [-0.2, 0) is 0 Å². The van der Waals surface area contributed by atoms with E-state index in [0.717, 1.165) is 0 Å². The number of hydrogen-bond donors (Lipinski definition) is 5. The van der Waals surface area contributed by atoms with Gasteiger partial charge in [-0.2, -0.15) is 0 Å². The van der Waals surface area contributed by atoms with Crippen LogP contribution in [0.15, 0.2) is 0 Å². The molecule has 0 amide bonds. The van der Waals surface area contributed by atoms with Gasteiger partial charge in [0.2, 0.25) is 0 Å². The van der Waals surface area contributed by atoms with Crippen molar-refractivity contribution in [2.24, 2.45) is 0 Å². The van der Waals surface area contributed by atoms with Crippen molar-refractivity contribution in [3.8, 4) is 0 Å². The highest BCUT2D eigenvalue weighted by Crippen LogP contribution is 1.89. The van der Waals surface area contributed by atoms with Gasteiger partial charge in [0.25, 0.3) is 0 Å². The Morgan fingerprint density at radius 1 is 1.09 bits per heavy atom. The molecule has 0 spiro atoms. The molecule has 11 heavy (non-hydrogen) atoms. The monoisotopic (exact) mass is 165 g/mol. The van der Waals surface area contributed by atoms with Crippen molar-refractivity contribution >= 4 is 0 Å². The van der Waals surface area contributed by atoms with Crippen LogP contribution in [0.4, 0.5) is 0 Å². The molecule has 5 N–H and O–H groups in total. The maximum atomic E-state index is 8.99. The summed E-state index contributed by atoms with van der Waals surface area (Å²) in [5.41, 5.74) is 0. The van der Waals surface area contributed by atoms with Gasteiger partial charge in [-0.15, -0.1) is 0 Å². The lowest BCUT2D eigenvalue weighted by molar-refractivity contribution is -0.0130. The molecule has 0 aromatic carbocycles. The first-order valence-electron chi connectivity index (χ1n) is 3.51. The molecule has 0 bridgehead atoms. The third-order valence-electron chi connectivity index (χ3n) is 1.27. The molecule has 0 radical (unpaired) electrons. The van der Waals surface area contributed by atoms with Crippen LogP contribution < -0.4 is 5.32 Å². The maximum Gasteiger partial charge on any atom is 0.104 e. The van der Waals surface area contributed by atoms with Crippen LogP contribution >= 0.6 is 0 Å². The lowest BCUT2D eigenvalue weighted by Gasteiger charge is -2.15. The quantitative estimate of drug-likeness (QED) is 0.276. The molecule has 0 fully saturated rings. The summed E-state index contributed by atoms with van der Waals surface area (Å²) >= 11 is 0. The van der Waals surface area contributed by atoms with Gasteiger partial charge in [-0.25, -0.2) is 0 Å². The van der Waals surface area contributed by atoms with Crippen LogP contribution in [0.2, 0.25) is 0 Å². The van der Waals surface area contributed by atoms with E-state index >= 15 is 0 Å². The lowest BCUT2D eigenvalue weighted by atomic mass is 10.2. The summed E-state index contributed by atoms with van der Waals surface area (Å²) in [4.78, 5) is 0. The van der Waals surface area contributed by atoms with E-state index in [1.54, 1.807) is 0 Å². The van der Waals surface area contributed by atoms with Gasteiger partial charge in [0.15, 0.2) is 0 Å². The fourth-order valence-corrected chi connectivity index (χ4v) is 0.587. The van der Waals surface area contributed by atoms with Gasteiger partial charge < -0.3 is 25.7 Å². The highest BCUT2D eigenvalue weighted by molar-refractivity contribution is 4.67. The van der Waals surface area contributed by atoms with Crippen LogP contribution in [0.5, 0.6) is 0 Å². The SMILES string of the molecule is OCCNCC(O)C(O)CO. The molecule has 0 heterocycles. The smallest absolute Gasteiger partial charge is 0.104 e. The number of aliphatic hydroxyl groups is 4. The van der Waals surface area contributed by atoms with Crippen molar-refractivity contribution in [3.05, 3.63) is 0 Å². The Labute approximate surface area is 65.3 Å². The second-order valence-electron chi connectivity index (χ2n) is 2.25. The summed E-state index contributed by atoms with van der Waals surface area (Å²) in [5.74, 6) is 0. The van der Waals surface area contributed by atoms with Crippen molar-refractivity contribution < 1.29 is 20.4 Å². The van der Waals surface area contributed by atoms with Crippen molar-refractivity contribution in [2.75, 3.05) is 26.3 Å². The molecular weight excluding hydrogens is 150 g/mol. The van der Waals surface area contributed by atoms with Gasteiger partial charge in [-0.1, -0.05) is 0 Å². The first-order chi connectivity index (χ1) is 5.22. The largest absolute Gasteiger partial charge is 0.395 e. The zero-order valence-corrected chi connectivity index (χ0v) is 6.27. The van der Waals surface area contributed by atoms with E-state index in [1.807, 2.05) is 0 Å². The molecule has 0 aromatic rings. The minimum atomic E-state index is -1.11. The molecule has 2 atom stereocenters. The Morgan fingerprint density at radius 2 is 1.73 bits per heavy atom. The Balaban J connectivity index is 3.28. The van der Waals surface area contributed by atoms with Crippen molar-refractivity contribution in [3.63, 3.8) is 0 Å². The van der Waals surface area contributed by atoms with Crippen LogP contribution in [-0.4, -0.2) is 58.9 Å². The standard InChI is InChI=1S/C6H15NO4/c8-2-1-7-3-5(10)6(11)4-9/h5-11H,1-4H2. The van der Waals surface area contributed by atoms with Crippen LogP contribution in [0, 0.1) is 0 Å². The summed E-state index contributed by atoms with van der Waals surface area (Å²) < 4.78 is 0. The predicted molar refractivity (Wildman–Crippen MR) is 39.1 cm³/mol. The van der Waals surface area contributed by atoms with E-state index in [9.17, 15) is 0 Å². The summed E-state index contributed by atoms with van der Waals surface area (Å²) in [7, 11) is 0. The molecule has 5 heteroatoms. The first kappa shape index (κ1) is 10.8. The molecule has 0 aromatic heterocycles. The zero-order chi connectivity index (χ0) is 8.69. The van der Waals surface area contributed by atoms with Crippen LogP contribution in [0.1, 0.15) is 0 Å². The van der Waals surface area contributed by atoms with E-state index < -0.39 is 18.8 Å². The lowest BCUT2D eigenvalue weighted by Crippen LogP contribution is -2.39.